The molecule has 0 spiro atoms. The lowest BCUT2D eigenvalue weighted by atomic mass is 10.2. The summed E-state index contributed by atoms with van der Waals surface area (Å²) in [5.41, 5.74) is 1.94. The van der Waals surface area contributed by atoms with Crippen molar-refractivity contribution in [2.75, 3.05) is 10.6 Å². The molecule has 0 aliphatic heterocycles. The molecule has 0 aliphatic rings. The molecule has 0 unspecified atom stereocenters. The monoisotopic (exact) mass is 315 g/mol. The van der Waals surface area contributed by atoms with Crippen molar-refractivity contribution in [1.29, 1.82) is 5.26 Å². The van der Waals surface area contributed by atoms with Gasteiger partial charge in [-0.1, -0.05) is 18.2 Å². The zero-order valence-corrected chi connectivity index (χ0v) is 12.6. The zero-order valence-electron chi connectivity index (χ0n) is 12.6. The largest absolute Gasteiger partial charge is 0.339 e. The normalized spacial score (nSPS) is 9.79. The van der Waals surface area contributed by atoms with Gasteiger partial charge in [-0.15, -0.1) is 10.2 Å². The number of amides is 1. The van der Waals surface area contributed by atoms with Crippen LogP contribution in [0.15, 0.2) is 66.7 Å². The van der Waals surface area contributed by atoms with Crippen molar-refractivity contribution in [2.45, 2.75) is 0 Å². The van der Waals surface area contributed by atoms with Crippen molar-refractivity contribution in [3.63, 3.8) is 0 Å². The van der Waals surface area contributed by atoms with E-state index >= 15 is 0 Å². The average Bonchev–Trinajstić information content (AvgIpc) is 2.65. The van der Waals surface area contributed by atoms with E-state index in [-0.39, 0.29) is 5.91 Å². The van der Waals surface area contributed by atoms with Gasteiger partial charge in [0.1, 0.15) is 0 Å². The second-order valence-corrected chi connectivity index (χ2v) is 4.94. The van der Waals surface area contributed by atoms with E-state index in [4.69, 9.17) is 5.26 Å². The van der Waals surface area contributed by atoms with Crippen molar-refractivity contribution >= 4 is 23.2 Å². The van der Waals surface area contributed by atoms with E-state index in [0.717, 1.165) is 5.69 Å². The maximum atomic E-state index is 12.0. The summed E-state index contributed by atoms with van der Waals surface area (Å²) >= 11 is 0. The van der Waals surface area contributed by atoms with Gasteiger partial charge in [-0.25, -0.2) is 0 Å². The quantitative estimate of drug-likeness (QED) is 0.770. The second-order valence-electron chi connectivity index (χ2n) is 4.94. The summed E-state index contributed by atoms with van der Waals surface area (Å²) in [4.78, 5) is 12.0. The summed E-state index contributed by atoms with van der Waals surface area (Å²) in [5.74, 6) is 0.671. The summed E-state index contributed by atoms with van der Waals surface area (Å²) in [6.45, 7) is 0. The highest BCUT2D eigenvalue weighted by Gasteiger charge is 2.06. The molecule has 0 atom stereocenters. The fraction of sp³-hybridized carbons (Fsp3) is 0. The number of nitrogens with zero attached hydrogens (tertiary/aromatic N) is 3. The van der Waals surface area contributed by atoms with Gasteiger partial charge in [0.25, 0.3) is 5.91 Å². The van der Waals surface area contributed by atoms with Gasteiger partial charge >= 0.3 is 0 Å². The van der Waals surface area contributed by atoms with Gasteiger partial charge in [0.15, 0.2) is 11.6 Å². The maximum Gasteiger partial charge on any atom is 0.256 e. The van der Waals surface area contributed by atoms with Crippen LogP contribution in [0.2, 0.25) is 0 Å². The number of nitriles is 1. The van der Waals surface area contributed by atoms with Crippen LogP contribution in [0.4, 0.5) is 17.3 Å². The molecule has 1 heterocycles. The maximum absolute atomic E-state index is 12.0. The van der Waals surface area contributed by atoms with Crippen LogP contribution >= 0.6 is 0 Å². The molecule has 0 saturated carbocycles. The molecule has 0 bridgehead atoms. The fourth-order valence-electron chi connectivity index (χ4n) is 2.02. The van der Waals surface area contributed by atoms with Crippen LogP contribution in [-0.2, 0) is 0 Å². The smallest absolute Gasteiger partial charge is 0.256 e. The van der Waals surface area contributed by atoms with Gasteiger partial charge in [0.05, 0.1) is 11.6 Å². The van der Waals surface area contributed by atoms with Crippen molar-refractivity contribution in [3.05, 3.63) is 77.9 Å². The molecule has 0 aliphatic carbocycles. The Morgan fingerprint density at radius 2 is 1.54 bits per heavy atom. The van der Waals surface area contributed by atoms with Crippen molar-refractivity contribution in [2.24, 2.45) is 0 Å². The number of rotatable bonds is 4. The second kappa shape index (κ2) is 7.03. The van der Waals surface area contributed by atoms with Crippen molar-refractivity contribution in [3.8, 4) is 6.07 Å². The molecule has 0 radical (unpaired) electrons. The highest BCUT2D eigenvalue weighted by molar-refractivity contribution is 6.03. The number of carbonyl (C=O) groups excluding carboxylic acids is 1. The van der Waals surface area contributed by atoms with Crippen LogP contribution in [-0.4, -0.2) is 16.1 Å². The summed E-state index contributed by atoms with van der Waals surface area (Å²) in [6, 6.07) is 21.3. The van der Waals surface area contributed by atoms with E-state index in [1.165, 1.54) is 0 Å². The first-order valence-corrected chi connectivity index (χ1v) is 7.22. The van der Waals surface area contributed by atoms with Crippen molar-refractivity contribution < 1.29 is 4.79 Å². The number of aromatic nitrogens is 2. The topological polar surface area (TPSA) is 90.7 Å². The molecular formula is C18H13N5O. The highest BCUT2D eigenvalue weighted by Crippen LogP contribution is 2.15. The molecule has 1 amide bonds. The van der Waals surface area contributed by atoms with Crippen LogP contribution in [0.3, 0.4) is 0 Å². The summed E-state index contributed by atoms with van der Waals surface area (Å²) in [5, 5.41) is 22.5. The Bertz CT molecular complexity index is 868. The van der Waals surface area contributed by atoms with E-state index in [1.807, 2.05) is 6.07 Å². The van der Waals surface area contributed by atoms with Crippen LogP contribution < -0.4 is 10.6 Å². The van der Waals surface area contributed by atoms with Gasteiger partial charge < -0.3 is 10.6 Å². The molecular weight excluding hydrogens is 302 g/mol. The van der Waals surface area contributed by atoms with Gasteiger partial charge in [-0.05, 0) is 48.5 Å². The predicted octanol–water partition coefficient (Wildman–Crippen LogP) is 3.34. The molecule has 0 saturated heterocycles. The van der Waals surface area contributed by atoms with Gasteiger partial charge in [-0.2, -0.15) is 5.26 Å². The molecule has 116 valence electrons. The molecule has 2 aromatic carbocycles. The highest BCUT2D eigenvalue weighted by atomic mass is 16.1. The first-order chi connectivity index (χ1) is 11.7. The third kappa shape index (κ3) is 3.72. The number of nitrogens with one attached hydrogen (secondary N) is 2. The molecule has 0 fully saturated rings. The lowest BCUT2D eigenvalue weighted by Crippen LogP contribution is -2.13. The fourth-order valence-corrected chi connectivity index (χ4v) is 2.02. The van der Waals surface area contributed by atoms with E-state index in [1.54, 1.807) is 60.7 Å². The van der Waals surface area contributed by atoms with Crippen LogP contribution in [0.25, 0.3) is 0 Å². The van der Waals surface area contributed by atoms with Crippen LogP contribution in [0, 0.1) is 11.3 Å². The standard InChI is InChI=1S/C18H13N5O/c19-12-13-6-8-15(9-7-13)20-16-10-11-17(23-22-16)21-18(24)14-4-2-1-3-5-14/h1-11H,(H,20,22)(H,21,23,24). The minimum atomic E-state index is -0.238. The summed E-state index contributed by atoms with van der Waals surface area (Å²) in [7, 11) is 0. The molecule has 3 aromatic rings. The van der Waals surface area contributed by atoms with E-state index in [9.17, 15) is 4.79 Å². The van der Waals surface area contributed by atoms with Crippen LogP contribution in [0.1, 0.15) is 15.9 Å². The zero-order chi connectivity index (χ0) is 16.8. The third-order valence-corrected chi connectivity index (χ3v) is 3.23. The molecule has 6 heteroatoms. The Labute approximate surface area is 138 Å². The number of hydrogen-bond acceptors (Lipinski definition) is 5. The Hall–Kier alpha value is -3.72. The molecule has 24 heavy (non-hydrogen) atoms. The Balaban J connectivity index is 1.65. The van der Waals surface area contributed by atoms with E-state index < -0.39 is 0 Å². The number of carbonyl (C=O) groups is 1. The van der Waals surface area contributed by atoms with E-state index in [0.29, 0.717) is 22.8 Å². The lowest BCUT2D eigenvalue weighted by molar-refractivity contribution is 0.102. The minimum absolute atomic E-state index is 0.238. The average molecular weight is 315 g/mol. The summed E-state index contributed by atoms with van der Waals surface area (Å²) in [6.07, 6.45) is 0. The predicted molar refractivity (Wildman–Crippen MR) is 90.9 cm³/mol. The Morgan fingerprint density at radius 3 is 2.17 bits per heavy atom. The summed E-state index contributed by atoms with van der Waals surface area (Å²) < 4.78 is 0. The lowest BCUT2D eigenvalue weighted by Gasteiger charge is -2.07. The van der Waals surface area contributed by atoms with Crippen molar-refractivity contribution in [1.82, 2.24) is 10.2 Å². The SMILES string of the molecule is N#Cc1ccc(Nc2ccc(NC(=O)c3ccccc3)nn2)cc1. The molecule has 2 N–H and O–H groups in total. The van der Waals surface area contributed by atoms with Gasteiger partial charge in [0.2, 0.25) is 0 Å². The first-order valence-electron chi connectivity index (χ1n) is 7.22. The van der Waals surface area contributed by atoms with E-state index in [2.05, 4.69) is 26.9 Å². The third-order valence-electron chi connectivity index (χ3n) is 3.23. The van der Waals surface area contributed by atoms with Crippen LogP contribution in [0.5, 0.6) is 0 Å². The number of benzene rings is 2. The molecule has 6 nitrogen and oxygen atoms in total. The molecule has 3 rings (SSSR count). The Kier molecular flexibility index (Phi) is 4.45. The number of anilines is 3. The molecule has 1 aromatic heterocycles. The number of hydrogen-bond donors (Lipinski definition) is 2. The minimum Gasteiger partial charge on any atom is -0.339 e. The van der Waals surface area contributed by atoms with Gasteiger partial charge in [0, 0.05) is 11.3 Å². The van der Waals surface area contributed by atoms with Gasteiger partial charge in [-0.3, -0.25) is 4.79 Å². The Morgan fingerprint density at radius 1 is 0.875 bits per heavy atom. The first kappa shape index (κ1) is 15.2.